The van der Waals surface area contributed by atoms with Crippen LogP contribution in [0.1, 0.15) is 5.56 Å². The van der Waals surface area contributed by atoms with Crippen molar-refractivity contribution < 1.29 is 17.6 Å². The number of benzene rings is 1. The molecule has 0 spiro atoms. The van der Waals surface area contributed by atoms with Gasteiger partial charge in [0.2, 0.25) is 15.9 Å². The maximum Gasteiger partial charge on any atom is 0.239 e. The molecule has 0 aliphatic rings. The summed E-state index contributed by atoms with van der Waals surface area (Å²) in [7, 11) is -3.68. The number of sulfonamides is 1. The maximum atomic E-state index is 12.8. The molecule has 0 atom stereocenters. The second-order valence-electron chi connectivity index (χ2n) is 4.50. The minimum absolute atomic E-state index is 0.326. The van der Waals surface area contributed by atoms with Crippen LogP contribution in [0.25, 0.3) is 0 Å². The van der Waals surface area contributed by atoms with Gasteiger partial charge in [0.1, 0.15) is 5.82 Å². The van der Waals surface area contributed by atoms with Crippen LogP contribution >= 0.6 is 0 Å². The fourth-order valence-corrected chi connectivity index (χ4v) is 2.75. The average Bonchev–Trinajstić information content (AvgIpc) is 2.49. The van der Waals surface area contributed by atoms with Crippen molar-refractivity contribution in [1.82, 2.24) is 9.71 Å². The number of aromatic nitrogens is 1. The highest BCUT2D eigenvalue weighted by molar-refractivity contribution is 7.88. The minimum Gasteiger partial charge on any atom is -0.324 e. The Morgan fingerprint density at radius 2 is 1.91 bits per heavy atom. The van der Waals surface area contributed by atoms with Gasteiger partial charge in [0, 0.05) is 6.20 Å². The Morgan fingerprint density at radius 1 is 1.18 bits per heavy atom. The molecule has 1 heterocycles. The molecule has 22 heavy (non-hydrogen) atoms. The van der Waals surface area contributed by atoms with Gasteiger partial charge in [0.15, 0.2) is 0 Å². The first kappa shape index (κ1) is 16.1. The highest BCUT2D eigenvalue weighted by Gasteiger charge is 2.13. The van der Waals surface area contributed by atoms with Crippen molar-refractivity contribution in [3.05, 3.63) is 60.2 Å². The summed E-state index contributed by atoms with van der Waals surface area (Å²) in [5.41, 5.74) is 0.909. The topological polar surface area (TPSA) is 88.2 Å². The van der Waals surface area contributed by atoms with Gasteiger partial charge < -0.3 is 5.32 Å². The van der Waals surface area contributed by atoms with Crippen LogP contribution in [0.15, 0.2) is 48.8 Å². The van der Waals surface area contributed by atoms with Gasteiger partial charge in [-0.05, 0) is 29.8 Å². The Bertz CT molecular complexity index is 734. The molecule has 0 aliphatic heterocycles. The summed E-state index contributed by atoms with van der Waals surface area (Å²) in [4.78, 5) is 15.5. The van der Waals surface area contributed by atoms with Gasteiger partial charge in [-0.1, -0.05) is 12.1 Å². The van der Waals surface area contributed by atoms with E-state index in [1.165, 1.54) is 30.5 Å². The number of rotatable bonds is 6. The van der Waals surface area contributed by atoms with Crippen molar-refractivity contribution >= 4 is 21.6 Å². The molecule has 0 fully saturated rings. The summed E-state index contributed by atoms with van der Waals surface area (Å²) < 4.78 is 38.6. The van der Waals surface area contributed by atoms with Crippen LogP contribution in [0.2, 0.25) is 0 Å². The Balaban J connectivity index is 1.87. The predicted octanol–water partition coefficient (Wildman–Crippen LogP) is 1.28. The van der Waals surface area contributed by atoms with Gasteiger partial charge in [-0.25, -0.2) is 17.5 Å². The van der Waals surface area contributed by atoms with Gasteiger partial charge in [0.25, 0.3) is 0 Å². The molecule has 0 aliphatic carbocycles. The van der Waals surface area contributed by atoms with Crippen LogP contribution in [0.4, 0.5) is 10.1 Å². The van der Waals surface area contributed by atoms with Crippen molar-refractivity contribution in [1.29, 1.82) is 0 Å². The number of amides is 1. The minimum atomic E-state index is -3.68. The van der Waals surface area contributed by atoms with E-state index in [4.69, 9.17) is 0 Å². The molecule has 6 nitrogen and oxygen atoms in total. The standard InChI is InChI=1S/C14H14FN3O3S/c15-12-5-3-11(4-6-12)10-22(20,21)17-9-14(19)18-13-2-1-7-16-8-13/h1-8,17H,9-10H2,(H,18,19). The third-order valence-corrected chi connectivity index (χ3v) is 3.97. The van der Waals surface area contributed by atoms with Gasteiger partial charge in [-0.3, -0.25) is 9.78 Å². The zero-order chi connectivity index (χ0) is 16.0. The van der Waals surface area contributed by atoms with Gasteiger partial charge in [0.05, 0.1) is 24.2 Å². The largest absolute Gasteiger partial charge is 0.324 e. The summed E-state index contributed by atoms with van der Waals surface area (Å²) >= 11 is 0. The van der Waals surface area contributed by atoms with Crippen molar-refractivity contribution in [2.45, 2.75) is 5.75 Å². The molecule has 2 aromatic rings. The number of anilines is 1. The summed E-state index contributed by atoms with van der Waals surface area (Å²) in [5.74, 6) is -1.27. The van der Waals surface area contributed by atoms with Crippen molar-refractivity contribution in [3.8, 4) is 0 Å². The van der Waals surface area contributed by atoms with E-state index in [2.05, 4.69) is 15.0 Å². The van der Waals surface area contributed by atoms with E-state index in [1.807, 2.05) is 0 Å². The van der Waals surface area contributed by atoms with E-state index in [0.29, 0.717) is 11.3 Å². The zero-order valence-electron chi connectivity index (χ0n) is 11.5. The second-order valence-corrected chi connectivity index (χ2v) is 6.30. The number of pyridine rings is 1. The molecule has 1 aromatic heterocycles. The fourth-order valence-electron chi connectivity index (χ4n) is 1.67. The van der Waals surface area contributed by atoms with E-state index in [-0.39, 0.29) is 5.75 Å². The quantitative estimate of drug-likeness (QED) is 0.838. The molecule has 0 unspecified atom stereocenters. The Hall–Kier alpha value is -2.32. The molecule has 116 valence electrons. The lowest BCUT2D eigenvalue weighted by molar-refractivity contribution is -0.115. The number of hydrogen-bond donors (Lipinski definition) is 2. The van der Waals surface area contributed by atoms with Crippen molar-refractivity contribution in [2.24, 2.45) is 0 Å². The van der Waals surface area contributed by atoms with Crippen LogP contribution in [0.3, 0.4) is 0 Å². The van der Waals surface area contributed by atoms with Gasteiger partial charge in [-0.2, -0.15) is 0 Å². The lowest BCUT2D eigenvalue weighted by Gasteiger charge is -2.07. The van der Waals surface area contributed by atoms with Crippen molar-refractivity contribution in [2.75, 3.05) is 11.9 Å². The molecule has 2 N–H and O–H groups in total. The van der Waals surface area contributed by atoms with E-state index in [1.54, 1.807) is 18.3 Å². The van der Waals surface area contributed by atoms with E-state index in [0.717, 1.165) is 0 Å². The smallest absolute Gasteiger partial charge is 0.239 e. The number of carbonyl (C=O) groups is 1. The Morgan fingerprint density at radius 3 is 2.55 bits per heavy atom. The van der Waals surface area contributed by atoms with Crippen LogP contribution in [-0.4, -0.2) is 25.9 Å². The van der Waals surface area contributed by atoms with Gasteiger partial charge >= 0.3 is 0 Å². The molecule has 1 aromatic carbocycles. The van der Waals surface area contributed by atoms with E-state index >= 15 is 0 Å². The molecule has 1 amide bonds. The number of nitrogens with one attached hydrogen (secondary N) is 2. The van der Waals surface area contributed by atoms with Crippen LogP contribution in [0.5, 0.6) is 0 Å². The summed E-state index contributed by atoms with van der Waals surface area (Å²) in [6, 6.07) is 8.40. The first-order chi connectivity index (χ1) is 10.4. The average molecular weight is 323 g/mol. The monoisotopic (exact) mass is 323 g/mol. The SMILES string of the molecule is O=C(CNS(=O)(=O)Cc1ccc(F)cc1)Nc1cccnc1. The molecule has 2 rings (SSSR count). The van der Waals surface area contributed by atoms with Crippen molar-refractivity contribution in [3.63, 3.8) is 0 Å². The molecule has 0 bridgehead atoms. The summed E-state index contributed by atoms with van der Waals surface area (Å²) in [6.07, 6.45) is 3.01. The highest BCUT2D eigenvalue weighted by atomic mass is 32.2. The second kappa shape index (κ2) is 7.10. The zero-order valence-corrected chi connectivity index (χ0v) is 12.3. The van der Waals surface area contributed by atoms with Gasteiger partial charge in [-0.15, -0.1) is 0 Å². The number of carbonyl (C=O) groups excluding carboxylic acids is 1. The third kappa shape index (κ3) is 5.23. The molecule has 0 radical (unpaired) electrons. The van der Waals surface area contributed by atoms with Crippen LogP contribution in [-0.2, 0) is 20.6 Å². The normalized spacial score (nSPS) is 11.1. The summed E-state index contributed by atoms with van der Waals surface area (Å²) in [5, 5.41) is 2.51. The lowest BCUT2D eigenvalue weighted by atomic mass is 10.2. The van der Waals surface area contributed by atoms with Crippen LogP contribution < -0.4 is 10.0 Å². The fraction of sp³-hybridized carbons (Fsp3) is 0.143. The Labute approximate surface area is 127 Å². The Kier molecular flexibility index (Phi) is 5.18. The first-order valence-electron chi connectivity index (χ1n) is 6.36. The summed E-state index contributed by atoms with van der Waals surface area (Å²) in [6.45, 7) is -0.390. The molecular formula is C14H14FN3O3S. The number of nitrogens with zero attached hydrogens (tertiary/aromatic N) is 1. The number of hydrogen-bond acceptors (Lipinski definition) is 4. The van der Waals surface area contributed by atoms with Crippen LogP contribution in [0, 0.1) is 5.82 Å². The molecule has 8 heteroatoms. The van der Waals surface area contributed by atoms with E-state index in [9.17, 15) is 17.6 Å². The molecule has 0 saturated carbocycles. The third-order valence-electron chi connectivity index (χ3n) is 2.67. The molecule has 0 saturated heterocycles. The number of halogens is 1. The molecular weight excluding hydrogens is 309 g/mol. The lowest BCUT2D eigenvalue weighted by Crippen LogP contribution is -2.33. The predicted molar refractivity (Wildman–Crippen MR) is 79.9 cm³/mol. The highest BCUT2D eigenvalue weighted by Crippen LogP contribution is 2.07. The van der Waals surface area contributed by atoms with E-state index < -0.39 is 28.3 Å². The first-order valence-corrected chi connectivity index (χ1v) is 8.01. The maximum absolute atomic E-state index is 12.8.